The van der Waals surface area contributed by atoms with E-state index in [4.69, 9.17) is 4.42 Å². The molecule has 0 atom stereocenters. The third-order valence-corrected chi connectivity index (χ3v) is 4.47. The average Bonchev–Trinajstić information content (AvgIpc) is 3.23. The second kappa shape index (κ2) is 8.06. The Labute approximate surface area is 155 Å². The fraction of sp³-hybridized carbons (Fsp3) is 0.556. The summed E-state index contributed by atoms with van der Waals surface area (Å²) in [6, 6.07) is 2.16. The van der Waals surface area contributed by atoms with Crippen molar-refractivity contribution in [3.8, 4) is 0 Å². The Hall–Kier alpha value is -1.79. The SMILES string of the molecule is CC(C)(C)n1cc(CNC2CCN(C(=O)c3ccoc3)CC2)cn1.Cl. The van der Waals surface area contributed by atoms with Crippen LogP contribution in [-0.4, -0.2) is 39.7 Å². The Bertz CT molecular complexity index is 668. The lowest BCUT2D eigenvalue weighted by Gasteiger charge is -2.32. The lowest BCUT2D eigenvalue weighted by molar-refractivity contribution is 0.0704. The van der Waals surface area contributed by atoms with Gasteiger partial charge in [-0.15, -0.1) is 12.4 Å². The molecule has 0 unspecified atom stereocenters. The normalized spacial score (nSPS) is 15.9. The fourth-order valence-corrected chi connectivity index (χ4v) is 2.94. The summed E-state index contributed by atoms with van der Waals surface area (Å²) in [7, 11) is 0. The van der Waals surface area contributed by atoms with E-state index < -0.39 is 0 Å². The van der Waals surface area contributed by atoms with Crippen LogP contribution in [0.5, 0.6) is 0 Å². The van der Waals surface area contributed by atoms with Crippen molar-refractivity contribution in [1.82, 2.24) is 20.0 Å². The van der Waals surface area contributed by atoms with E-state index in [-0.39, 0.29) is 23.9 Å². The molecule has 1 aliphatic rings. The van der Waals surface area contributed by atoms with Crippen LogP contribution in [0.15, 0.2) is 35.4 Å². The molecule has 0 radical (unpaired) electrons. The summed E-state index contributed by atoms with van der Waals surface area (Å²) in [5.74, 6) is 0.0636. The van der Waals surface area contributed by atoms with Gasteiger partial charge >= 0.3 is 0 Å². The highest BCUT2D eigenvalue weighted by molar-refractivity contribution is 5.93. The average molecular weight is 367 g/mol. The first-order valence-corrected chi connectivity index (χ1v) is 8.52. The highest BCUT2D eigenvalue weighted by atomic mass is 35.5. The van der Waals surface area contributed by atoms with Gasteiger partial charge in [-0.3, -0.25) is 9.48 Å². The Morgan fingerprint density at radius 3 is 2.64 bits per heavy atom. The van der Waals surface area contributed by atoms with Crippen LogP contribution < -0.4 is 5.32 Å². The van der Waals surface area contributed by atoms with Gasteiger partial charge in [0.05, 0.1) is 23.6 Å². The zero-order chi connectivity index (χ0) is 17.2. The number of hydrogen-bond donors (Lipinski definition) is 1. The number of furan rings is 1. The molecule has 1 fully saturated rings. The van der Waals surface area contributed by atoms with Gasteiger partial charge in [0.25, 0.3) is 5.91 Å². The van der Waals surface area contributed by atoms with Crippen molar-refractivity contribution in [1.29, 1.82) is 0 Å². The van der Waals surface area contributed by atoms with Gasteiger partial charge in [0.15, 0.2) is 0 Å². The molecule has 138 valence electrons. The van der Waals surface area contributed by atoms with Gasteiger partial charge < -0.3 is 14.6 Å². The predicted molar refractivity (Wildman–Crippen MR) is 98.9 cm³/mol. The maximum absolute atomic E-state index is 12.3. The topological polar surface area (TPSA) is 63.3 Å². The second-order valence-electron chi connectivity index (χ2n) is 7.42. The third kappa shape index (κ3) is 4.86. The van der Waals surface area contributed by atoms with Gasteiger partial charge in [0.2, 0.25) is 0 Å². The number of rotatable bonds is 4. The molecule has 1 aliphatic heterocycles. The lowest BCUT2D eigenvalue weighted by Crippen LogP contribution is -2.44. The summed E-state index contributed by atoms with van der Waals surface area (Å²) in [6.45, 7) is 8.81. The number of nitrogens with zero attached hydrogens (tertiary/aromatic N) is 3. The van der Waals surface area contributed by atoms with Crippen molar-refractivity contribution in [3.05, 3.63) is 42.1 Å². The molecule has 0 aromatic carbocycles. The van der Waals surface area contributed by atoms with Crippen molar-refractivity contribution in [2.45, 2.75) is 51.7 Å². The Morgan fingerprint density at radius 2 is 2.08 bits per heavy atom. The maximum Gasteiger partial charge on any atom is 0.257 e. The molecule has 2 aromatic rings. The lowest BCUT2D eigenvalue weighted by atomic mass is 10.0. The molecule has 1 saturated heterocycles. The summed E-state index contributed by atoms with van der Waals surface area (Å²) in [5, 5.41) is 8.02. The molecule has 6 nitrogen and oxygen atoms in total. The van der Waals surface area contributed by atoms with E-state index in [0.717, 1.165) is 32.5 Å². The number of carbonyl (C=O) groups excluding carboxylic acids is 1. The molecule has 1 N–H and O–H groups in total. The van der Waals surface area contributed by atoms with E-state index in [1.54, 1.807) is 12.3 Å². The minimum absolute atomic E-state index is 0. The zero-order valence-electron chi connectivity index (χ0n) is 15.1. The molecule has 7 heteroatoms. The molecule has 0 spiro atoms. The first-order valence-electron chi connectivity index (χ1n) is 8.52. The van der Waals surface area contributed by atoms with E-state index >= 15 is 0 Å². The van der Waals surface area contributed by atoms with Crippen molar-refractivity contribution in [2.24, 2.45) is 0 Å². The van der Waals surface area contributed by atoms with Crippen molar-refractivity contribution in [3.63, 3.8) is 0 Å². The van der Waals surface area contributed by atoms with E-state index in [1.807, 2.05) is 15.8 Å². The maximum atomic E-state index is 12.3. The van der Waals surface area contributed by atoms with E-state index in [2.05, 4.69) is 37.4 Å². The van der Waals surface area contributed by atoms with E-state index in [1.165, 1.54) is 11.8 Å². The predicted octanol–water partition coefficient (Wildman–Crippen LogP) is 3.05. The number of piperidine rings is 1. The van der Waals surface area contributed by atoms with E-state index in [0.29, 0.717) is 11.6 Å². The van der Waals surface area contributed by atoms with Crippen molar-refractivity contribution in [2.75, 3.05) is 13.1 Å². The van der Waals surface area contributed by atoms with Crippen LogP contribution in [0, 0.1) is 0 Å². The quantitative estimate of drug-likeness (QED) is 0.903. The highest BCUT2D eigenvalue weighted by Gasteiger charge is 2.24. The first-order chi connectivity index (χ1) is 11.4. The number of amides is 1. The molecule has 3 heterocycles. The Morgan fingerprint density at radius 1 is 1.36 bits per heavy atom. The van der Waals surface area contributed by atoms with Gasteiger partial charge in [-0.25, -0.2) is 0 Å². The van der Waals surface area contributed by atoms with Crippen LogP contribution in [0.2, 0.25) is 0 Å². The minimum Gasteiger partial charge on any atom is -0.472 e. The molecule has 0 saturated carbocycles. The minimum atomic E-state index is 0. The number of carbonyl (C=O) groups is 1. The molecule has 2 aromatic heterocycles. The largest absolute Gasteiger partial charge is 0.472 e. The molecular weight excluding hydrogens is 340 g/mol. The number of hydrogen-bond acceptors (Lipinski definition) is 4. The van der Waals surface area contributed by atoms with Crippen LogP contribution in [0.4, 0.5) is 0 Å². The van der Waals surface area contributed by atoms with Crippen LogP contribution >= 0.6 is 12.4 Å². The molecule has 0 bridgehead atoms. The Balaban J connectivity index is 0.00000225. The van der Waals surface area contributed by atoms with Crippen molar-refractivity contribution < 1.29 is 9.21 Å². The molecule has 1 amide bonds. The monoisotopic (exact) mass is 366 g/mol. The summed E-state index contributed by atoms with van der Waals surface area (Å²) in [6.07, 6.45) is 9.02. The van der Waals surface area contributed by atoms with Gasteiger partial charge in [0.1, 0.15) is 6.26 Å². The smallest absolute Gasteiger partial charge is 0.257 e. The summed E-state index contributed by atoms with van der Waals surface area (Å²) in [5.41, 5.74) is 1.84. The molecule has 25 heavy (non-hydrogen) atoms. The van der Waals surface area contributed by atoms with Crippen LogP contribution in [0.3, 0.4) is 0 Å². The highest BCUT2D eigenvalue weighted by Crippen LogP contribution is 2.16. The third-order valence-electron chi connectivity index (χ3n) is 4.47. The van der Waals surface area contributed by atoms with Gasteiger partial charge in [0, 0.05) is 37.4 Å². The number of likely N-dealkylation sites (tertiary alicyclic amines) is 1. The molecule has 3 rings (SSSR count). The van der Waals surface area contributed by atoms with Gasteiger partial charge in [-0.2, -0.15) is 5.10 Å². The number of halogens is 1. The number of nitrogens with one attached hydrogen (secondary N) is 1. The van der Waals surface area contributed by atoms with E-state index in [9.17, 15) is 4.79 Å². The van der Waals surface area contributed by atoms with Crippen LogP contribution in [0.25, 0.3) is 0 Å². The van der Waals surface area contributed by atoms with Gasteiger partial charge in [-0.1, -0.05) is 0 Å². The van der Waals surface area contributed by atoms with Gasteiger partial charge in [-0.05, 0) is 39.7 Å². The molecular formula is C18H27ClN4O2. The van der Waals surface area contributed by atoms with Crippen molar-refractivity contribution >= 4 is 18.3 Å². The fourth-order valence-electron chi connectivity index (χ4n) is 2.94. The standard InChI is InChI=1S/C18H26N4O2.ClH/c1-18(2,3)22-12-14(11-20-22)10-19-16-4-7-21(8-5-16)17(23)15-6-9-24-13-15;/h6,9,11-13,16,19H,4-5,7-8,10H2,1-3H3;1H. The van der Waals surface area contributed by atoms with Crippen LogP contribution in [-0.2, 0) is 12.1 Å². The zero-order valence-corrected chi connectivity index (χ0v) is 15.9. The molecule has 0 aliphatic carbocycles. The first kappa shape index (κ1) is 19.5. The number of aromatic nitrogens is 2. The summed E-state index contributed by atoms with van der Waals surface area (Å²) in [4.78, 5) is 14.2. The summed E-state index contributed by atoms with van der Waals surface area (Å²) < 4.78 is 6.99. The Kier molecular flexibility index (Phi) is 6.30. The summed E-state index contributed by atoms with van der Waals surface area (Å²) >= 11 is 0. The van der Waals surface area contributed by atoms with Crippen LogP contribution in [0.1, 0.15) is 49.5 Å². The second-order valence-corrected chi connectivity index (χ2v) is 7.42.